The zero-order valence-electron chi connectivity index (χ0n) is 32.0. The van der Waals surface area contributed by atoms with E-state index in [9.17, 15) is 28.1 Å². The maximum atomic E-state index is 14.4. The Labute approximate surface area is 335 Å². The fourth-order valence-corrected chi connectivity index (χ4v) is 11.6. The SMILES string of the molecule is CCCOC(=O)[C@H](C)NP(=O)(Cc1ccc2sc(C(=O)N[C@H]3C[C@@H]4C[C@@H]4C[C@H]4CC[C@@H](C(=O)N5CC(c6cnccc6F)C5)N4C3=O)cc2c1)Oc1ccccc1. The summed E-state index contributed by atoms with van der Waals surface area (Å²) in [5, 5.41) is 6.72. The zero-order valence-corrected chi connectivity index (χ0v) is 33.7. The molecule has 15 heteroatoms. The highest BCUT2D eigenvalue weighted by atomic mass is 32.1. The summed E-state index contributed by atoms with van der Waals surface area (Å²) in [6.45, 7) is 4.50. The molecule has 4 fully saturated rings. The minimum absolute atomic E-state index is 0.0327. The van der Waals surface area contributed by atoms with Gasteiger partial charge in [0, 0.05) is 47.7 Å². The lowest BCUT2D eigenvalue weighted by Crippen LogP contribution is -2.59. The number of likely N-dealkylation sites (tertiary alicyclic amines) is 1. The minimum atomic E-state index is -3.70. The second kappa shape index (κ2) is 16.3. The molecule has 1 saturated carbocycles. The molecule has 0 spiro atoms. The number of esters is 1. The first kappa shape index (κ1) is 39.2. The Kier molecular flexibility index (Phi) is 11.2. The standard InChI is InChI=1S/C42H47FN5O7PS/c1-3-15-54-42(52)25(2)46-56(53,55-32-7-5-4-6-8-32)24-26-9-12-37-29(16-26)20-38(57-37)39(49)45-35-19-28-17-27(28)18-31-10-11-36(48(31)40(35)50)41(51)47-22-30(23-47)33-21-44-14-13-34(33)43/h4-9,12-14,16,20-21,25,27-28,30-31,35-36H,3,10-11,15,17-19,22-24H2,1-2H3,(H,45,49)(H,46,53)/t25-,27+,28-,31+,35-,36-,56?/m0/s1. The van der Waals surface area contributed by atoms with Crippen LogP contribution in [0.3, 0.4) is 0 Å². The molecule has 0 radical (unpaired) electrons. The molecule has 4 aliphatic rings. The largest absolute Gasteiger partial charge is 0.465 e. The summed E-state index contributed by atoms with van der Waals surface area (Å²) in [5.41, 5.74) is 1.18. The van der Waals surface area contributed by atoms with Crippen molar-refractivity contribution in [3.05, 3.63) is 94.9 Å². The van der Waals surface area contributed by atoms with Gasteiger partial charge >= 0.3 is 13.5 Å². The lowest BCUT2D eigenvalue weighted by Gasteiger charge is -2.43. The van der Waals surface area contributed by atoms with Crippen molar-refractivity contribution in [3.8, 4) is 5.75 Å². The van der Waals surface area contributed by atoms with E-state index in [1.54, 1.807) is 47.1 Å². The van der Waals surface area contributed by atoms with Crippen LogP contribution in [-0.4, -0.2) is 82.3 Å². The second-order valence-electron chi connectivity index (χ2n) is 15.8. The van der Waals surface area contributed by atoms with E-state index in [4.69, 9.17) is 9.26 Å². The third kappa shape index (κ3) is 8.49. The molecule has 300 valence electrons. The number of nitrogens with zero attached hydrogens (tertiary/aromatic N) is 3. The Balaban J connectivity index is 0.959. The molecular formula is C42H47FN5O7PS. The van der Waals surface area contributed by atoms with Gasteiger partial charge in [-0.2, -0.15) is 0 Å². The topological polar surface area (TPSA) is 147 Å². The van der Waals surface area contributed by atoms with Crippen molar-refractivity contribution in [2.45, 2.75) is 88.6 Å². The van der Waals surface area contributed by atoms with Gasteiger partial charge in [-0.25, -0.2) is 9.48 Å². The van der Waals surface area contributed by atoms with E-state index >= 15 is 0 Å². The number of amides is 3. The van der Waals surface area contributed by atoms with E-state index < -0.39 is 31.6 Å². The third-order valence-corrected chi connectivity index (χ3v) is 14.8. The molecule has 2 aromatic carbocycles. The minimum Gasteiger partial charge on any atom is -0.465 e. The second-order valence-corrected chi connectivity index (χ2v) is 19.0. The van der Waals surface area contributed by atoms with Crippen LogP contribution >= 0.6 is 18.9 Å². The summed E-state index contributed by atoms with van der Waals surface area (Å²) < 4.78 is 40.8. The van der Waals surface area contributed by atoms with Gasteiger partial charge in [-0.3, -0.25) is 28.7 Å². The molecule has 57 heavy (non-hydrogen) atoms. The number of pyridine rings is 1. The Bertz CT molecular complexity index is 2220. The number of para-hydroxylation sites is 1. The van der Waals surface area contributed by atoms with Crippen molar-refractivity contribution in [2.24, 2.45) is 11.8 Å². The van der Waals surface area contributed by atoms with Gasteiger partial charge in [0.25, 0.3) is 5.91 Å². The number of aromatic nitrogens is 1. The number of nitrogens with one attached hydrogen (secondary N) is 2. The van der Waals surface area contributed by atoms with Crippen molar-refractivity contribution >= 4 is 52.6 Å². The zero-order chi connectivity index (χ0) is 39.8. The highest BCUT2D eigenvalue weighted by Gasteiger charge is 2.52. The smallest absolute Gasteiger partial charge is 0.323 e. The fraction of sp³-hybridized carbons (Fsp3) is 0.452. The van der Waals surface area contributed by atoms with Gasteiger partial charge in [0.1, 0.15) is 29.7 Å². The summed E-state index contributed by atoms with van der Waals surface area (Å²) in [6, 6.07) is 15.1. The summed E-state index contributed by atoms with van der Waals surface area (Å²) in [4.78, 5) is 62.6. The van der Waals surface area contributed by atoms with E-state index in [1.165, 1.54) is 29.8 Å². The van der Waals surface area contributed by atoms with Gasteiger partial charge in [-0.15, -0.1) is 11.3 Å². The number of thiophene rings is 1. The van der Waals surface area contributed by atoms with Crippen LogP contribution in [0.5, 0.6) is 5.75 Å². The molecule has 0 bridgehead atoms. The van der Waals surface area contributed by atoms with Crippen molar-refractivity contribution in [2.75, 3.05) is 19.7 Å². The number of benzene rings is 2. The average molecular weight is 816 g/mol. The number of carbonyl (C=O) groups excluding carboxylic acids is 4. The van der Waals surface area contributed by atoms with Crippen LogP contribution in [0.2, 0.25) is 0 Å². The number of halogens is 1. The first-order chi connectivity index (χ1) is 27.5. The number of fused-ring (bicyclic) bond motifs is 3. The predicted molar refractivity (Wildman–Crippen MR) is 213 cm³/mol. The lowest BCUT2D eigenvalue weighted by molar-refractivity contribution is -0.149. The van der Waals surface area contributed by atoms with E-state index in [0.29, 0.717) is 65.9 Å². The molecule has 12 nitrogen and oxygen atoms in total. The fourth-order valence-electron chi connectivity index (χ4n) is 8.59. The summed E-state index contributed by atoms with van der Waals surface area (Å²) in [7, 11) is -3.70. The molecule has 3 saturated heterocycles. The molecule has 2 aromatic heterocycles. The number of carbonyl (C=O) groups is 4. The van der Waals surface area contributed by atoms with Gasteiger partial charge in [-0.1, -0.05) is 31.2 Å². The van der Waals surface area contributed by atoms with E-state index in [2.05, 4.69) is 15.4 Å². The van der Waals surface area contributed by atoms with E-state index in [0.717, 1.165) is 29.3 Å². The van der Waals surface area contributed by atoms with Crippen LogP contribution in [0, 0.1) is 17.7 Å². The highest BCUT2D eigenvalue weighted by molar-refractivity contribution is 7.56. The predicted octanol–water partition coefficient (Wildman–Crippen LogP) is 6.65. The van der Waals surface area contributed by atoms with Crippen LogP contribution in [-0.2, 0) is 29.8 Å². The van der Waals surface area contributed by atoms with Gasteiger partial charge in [0.2, 0.25) is 11.8 Å². The maximum Gasteiger partial charge on any atom is 0.323 e. The van der Waals surface area contributed by atoms with Crippen LogP contribution in [0.4, 0.5) is 4.39 Å². The Hall–Kier alpha value is -4.65. The lowest BCUT2D eigenvalue weighted by atomic mass is 9.91. The van der Waals surface area contributed by atoms with E-state index in [1.807, 2.05) is 31.2 Å². The molecular weight excluding hydrogens is 769 g/mol. The molecule has 3 aliphatic heterocycles. The molecule has 2 N–H and O–H groups in total. The summed E-state index contributed by atoms with van der Waals surface area (Å²) >= 11 is 1.30. The van der Waals surface area contributed by atoms with Crippen molar-refractivity contribution in [3.63, 3.8) is 0 Å². The van der Waals surface area contributed by atoms with Crippen LogP contribution in [0.25, 0.3) is 10.1 Å². The first-order valence-electron chi connectivity index (χ1n) is 19.8. The molecule has 5 heterocycles. The van der Waals surface area contributed by atoms with Crippen LogP contribution in [0.15, 0.2) is 73.1 Å². The van der Waals surface area contributed by atoms with Gasteiger partial charge < -0.3 is 24.4 Å². The molecule has 1 unspecified atom stereocenters. The van der Waals surface area contributed by atoms with Crippen molar-refractivity contribution in [1.82, 2.24) is 25.2 Å². The van der Waals surface area contributed by atoms with Crippen molar-refractivity contribution < 1.29 is 37.4 Å². The molecule has 8 rings (SSSR count). The number of hydrogen-bond donors (Lipinski definition) is 2. The molecule has 7 atom stereocenters. The number of hydrogen-bond acceptors (Lipinski definition) is 9. The summed E-state index contributed by atoms with van der Waals surface area (Å²) in [5.74, 6) is -0.486. The number of ether oxygens (including phenoxy) is 1. The number of rotatable bonds is 13. The monoisotopic (exact) mass is 815 g/mol. The first-order valence-corrected chi connectivity index (χ1v) is 22.4. The normalized spacial score (nSPS) is 24.6. The van der Waals surface area contributed by atoms with E-state index in [-0.39, 0.29) is 48.3 Å². The van der Waals surface area contributed by atoms with Gasteiger partial charge in [0.15, 0.2) is 0 Å². The van der Waals surface area contributed by atoms with Crippen molar-refractivity contribution in [1.29, 1.82) is 0 Å². The average Bonchev–Trinajstić information content (AvgIpc) is 3.52. The Morgan fingerprint density at radius 3 is 2.60 bits per heavy atom. The summed E-state index contributed by atoms with van der Waals surface area (Å²) in [6.07, 6.45) is 7.24. The van der Waals surface area contributed by atoms with Gasteiger partial charge in [-0.05, 0) is 105 Å². The van der Waals surface area contributed by atoms with Crippen LogP contribution in [0.1, 0.15) is 79.1 Å². The molecule has 3 amide bonds. The van der Waals surface area contributed by atoms with Crippen LogP contribution < -0.4 is 14.9 Å². The quantitative estimate of drug-likeness (QED) is 0.112. The third-order valence-electron chi connectivity index (χ3n) is 11.6. The Morgan fingerprint density at radius 1 is 1.04 bits per heavy atom. The highest BCUT2D eigenvalue weighted by Crippen LogP contribution is 2.50. The molecule has 4 aromatic rings. The molecule has 1 aliphatic carbocycles. The van der Waals surface area contributed by atoms with Gasteiger partial charge in [0.05, 0.1) is 17.6 Å². The Morgan fingerprint density at radius 2 is 1.82 bits per heavy atom. The maximum absolute atomic E-state index is 14.4.